The van der Waals surface area contributed by atoms with Crippen LogP contribution in [0.15, 0.2) is 36.4 Å². The summed E-state index contributed by atoms with van der Waals surface area (Å²) in [5.41, 5.74) is 5.16. The number of aromatic nitrogens is 1. The number of hydrogen-bond acceptors (Lipinski definition) is 4. The number of pyridine rings is 1. The third-order valence-corrected chi connectivity index (χ3v) is 2.63. The summed E-state index contributed by atoms with van der Waals surface area (Å²) < 4.78 is 5.37. The topological polar surface area (TPSA) is 103 Å². The number of rotatable bonds is 4. The molecule has 0 fully saturated rings. The third kappa shape index (κ3) is 2.86. The summed E-state index contributed by atoms with van der Waals surface area (Å²) in [4.78, 5) is 26.2. The minimum Gasteiger partial charge on any atom is -0.477 e. The molecule has 0 aliphatic heterocycles. The number of primary amides is 1. The molecule has 1 aromatic heterocycles. The van der Waals surface area contributed by atoms with Crippen molar-refractivity contribution >= 4 is 23.5 Å². The van der Waals surface area contributed by atoms with Crippen LogP contribution in [0.2, 0.25) is 5.15 Å². The number of nitrogens with zero attached hydrogens (tertiary/aromatic N) is 1. The molecule has 1 heterocycles. The second-order valence-corrected chi connectivity index (χ2v) is 4.14. The summed E-state index contributed by atoms with van der Waals surface area (Å²) in [6, 6.07) is 8.76. The molecular weight excluding hydrogens is 284 g/mol. The Balaban J connectivity index is 2.47. The molecule has 1 aromatic carbocycles. The van der Waals surface area contributed by atoms with E-state index >= 15 is 0 Å². The predicted molar refractivity (Wildman–Crippen MR) is 71.2 cm³/mol. The normalized spacial score (nSPS) is 10.1. The molecule has 0 radical (unpaired) electrons. The summed E-state index contributed by atoms with van der Waals surface area (Å²) in [6.07, 6.45) is 0. The Morgan fingerprint density at radius 1 is 1.15 bits per heavy atom. The van der Waals surface area contributed by atoms with Crippen LogP contribution >= 0.6 is 11.6 Å². The zero-order valence-electron chi connectivity index (χ0n) is 10.0. The average molecular weight is 293 g/mol. The smallest absolute Gasteiger partial charge is 0.341 e. The van der Waals surface area contributed by atoms with Crippen molar-refractivity contribution in [2.75, 3.05) is 0 Å². The maximum absolute atomic E-state index is 11.3. The lowest BCUT2D eigenvalue weighted by molar-refractivity contribution is 0.0693. The molecule has 6 nitrogen and oxygen atoms in total. The van der Waals surface area contributed by atoms with Crippen molar-refractivity contribution in [3.63, 3.8) is 0 Å². The van der Waals surface area contributed by atoms with Gasteiger partial charge in [0.1, 0.15) is 16.5 Å². The number of carboxylic acid groups (broad SMARTS) is 1. The van der Waals surface area contributed by atoms with Crippen molar-refractivity contribution in [3.8, 4) is 11.6 Å². The number of carbonyl (C=O) groups is 2. The fraction of sp³-hybridized carbons (Fsp3) is 0. The number of para-hydroxylation sites is 1. The van der Waals surface area contributed by atoms with Gasteiger partial charge in [0.25, 0.3) is 5.91 Å². The minimum atomic E-state index is -1.22. The van der Waals surface area contributed by atoms with Crippen molar-refractivity contribution in [1.29, 1.82) is 0 Å². The van der Waals surface area contributed by atoms with Gasteiger partial charge >= 0.3 is 5.97 Å². The Hall–Kier alpha value is -2.60. The van der Waals surface area contributed by atoms with Crippen LogP contribution in [0.4, 0.5) is 0 Å². The standard InChI is InChI=1S/C13H9ClN2O4/c14-10-6-5-8(13(18)19)12(16-10)20-9-4-2-1-3-7(9)11(15)17/h1-6H,(H2,15,17)(H,18,19). The minimum absolute atomic E-state index is 0.0709. The van der Waals surface area contributed by atoms with E-state index in [1.165, 1.54) is 24.3 Å². The number of halogens is 1. The molecule has 0 bridgehead atoms. The molecule has 7 heteroatoms. The number of ether oxygens (including phenoxy) is 1. The summed E-state index contributed by atoms with van der Waals surface area (Å²) in [5.74, 6) is -2.02. The van der Waals surface area contributed by atoms with Gasteiger partial charge in [-0.15, -0.1) is 0 Å². The molecule has 0 unspecified atom stereocenters. The van der Waals surface area contributed by atoms with Crippen LogP contribution in [-0.2, 0) is 0 Å². The van der Waals surface area contributed by atoms with E-state index in [0.717, 1.165) is 0 Å². The molecule has 0 atom stereocenters. The van der Waals surface area contributed by atoms with Crippen molar-refractivity contribution in [2.45, 2.75) is 0 Å². The number of aromatic carboxylic acids is 1. The monoisotopic (exact) mass is 292 g/mol. The van der Waals surface area contributed by atoms with E-state index in [0.29, 0.717) is 0 Å². The summed E-state index contributed by atoms with van der Waals surface area (Å²) in [6.45, 7) is 0. The predicted octanol–water partition coefficient (Wildman–Crippen LogP) is 2.32. The second-order valence-electron chi connectivity index (χ2n) is 3.75. The first kappa shape index (κ1) is 13.8. The molecule has 1 amide bonds. The van der Waals surface area contributed by atoms with Crippen molar-refractivity contribution in [2.24, 2.45) is 5.73 Å². The molecule has 0 aliphatic rings. The van der Waals surface area contributed by atoms with Crippen LogP contribution < -0.4 is 10.5 Å². The van der Waals surface area contributed by atoms with Gasteiger partial charge < -0.3 is 15.6 Å². The Morgan fingerprint density at radius 2 is 1.85 bits per heavy atom. The molecule has 2 aromatic rings. The van der Waals surface area contributed by atoms with E-state index in [1.807, 2.05) is 0 Å². The number of benzene rings is 1. The largest absolute Gasteiger partial charge is 0.477 e. The summed E-state index contributed by atoms with van der Waals surface area (Å²) >= 11 is 5.71. The Bertz CT molecular complexity index is 688. The molecular formula is C13H9ClN2O4. The first-order chi connectivity index (χ1) is 9.49. The van der Waals surface area contributed by atoms with E-state index in [-0.39, 0.29) is 27.9 Å². The van der Waals surface area contributed by atoms with E-state index in [2.05, 4.69) is 4.98 Å². The highest BCUT2D eigenvalue weighted by molar-refractivity contribution is 6.29. The van der Waals surface area contributed by atoms with Gasteiger partial charge in [0, 0.05) is 0 Å². The van der Waals surface area contributed by atoms with Gasteiger partial charge in [0.2, 0.25) is 5.88 Å². The maximum atomic E-state index is 11.3. The number of carbonyl (C=O) groups excluding carboxylic acids is 1. The maximum Gasteiger partial charge on any atom is 0.341 e. The van der Waals surface area contributed by atoms with Crippen molar-refractivity contribution in [1.82, 2.24) is 4.98 Å². The van der Waals surface area contributed by atoms with Crippen LogP contribution in [0.25, 0.3) is 0 Å². The van der Waals surface area contributed by atoms with Gasteiger partial charge in [-0.2, -0.15) is 0 Å². The zero-order valence-corrected chi connectivity index (χ0v) is 10.8. The van der Waals surface area contributed by atoms with Crippen LogP contribution in [-0.4, -0.2) is 22.0 Å². The highest BCUT2D eigenvalue weighted by Crippen LogP contribution is 2.27. The lowest BCUT2D eigenvalue weighted by Crippen LogP contribution is -2.12. The Morgan fingerprint density at radius 3 is 2.50 bits per heavy atom. The van der Waals surface area contributed by atoms with Crippen LogP contribution in [0.1, 0.15) is 20.7 Å². The molecule has 102 valence electrons. The van der Waals surface area contributed by atoms with Crippen molar-refractivity contribution < 1.29 is 19.4 Å². The highest BCUT2D eigenvalue weighted by atomic mass is 35.5. The lowest BCUT2D eigenvalue weighted by Gasteiger charge is -2.10. The molecule has 0 saturated carbocycles. The van der Waals surface area contributed by atoms with Gasteiger partial charge in [0.15, 0.2) is 0 Å². The fourth-order valence-electron chi connectivity index (χ4n) is 1.52. The number of amides is 1. The summed E-state index contributed by atoms with van der Waals surface area (Å²) in [5, 5.41) is 9.13. The van der Waals surface area contributed by atoms with E-state index in [1.54, 1.807) is 12.1 Å². The SMILES string of the molecule is NC(=O)c1ccccc1Oc1nc(Cl)ccc1C(=O)O. The van der Waals surface area contributed by atoms with Gasteiger partial charge in [0.05, 0.1) is 5.56 Å². The second kappa shape index (κ2) is 5.58. The van der Waals surface area contributed by atoms with Gasteiger partial charge in [-0.3, -0.25) is 4.79 Å². The Labute approximate surface area is 118 Å². The van der Waals surface area contributed by atoms with Gasteiger partial charge in [-0.05, 0) is 24.3 Å². The van der Waals surface area contributed by atoms with E-state index in [9.17, 15) is 9.59 Å². The molecule has 0 aliphatic carbocycles. The zero-order chi connectivity index (χ0) is 14.7. The lowest BCUT2D eigenvalue weighted by atomic mass is 10.2. The van der Waals surface area contributed by atoms with Crippen LogP contribution in [0.3, 0.4) is 0 Å². The number of hydrogen-bond donors (Lipinski definition) is 2. The van der Waals surface area contributed by atoms with Gasteiger partial charge in [-0.1, -0.05) is 23.7 Å². The average Bonchev–Trinajstić information content (AvgIpc) is 2.38. The third-order valence-electron chi connectivity index (χ3n) is 2.42. The van der Waals surface area contributed by atoms with E-state index in [4.69, 9.17) is 27.2 Å². The molecule has 3 N–H and O–H groups in total. The van der Waals surface area contributed by atoms with Gasteiger partial charge in [-0.25, -0.2) is 9.78 Å². The molecule has 20 heavy (non-hydrogen) atoms. The first-order valence-corrected chi connectivity index (χ1v) is 5.83. The number of carboxylic acids is 1. The summed E-state index contributed by atoms with van der Waals surface area (Å²) in [7, 11) is 0. The Kier molecular flexibility index (Phi) is 3.86. The molecule has 2 rings (SSSR count). The molecule has 0 saturated heterocycles. The highest BCUT2D eigenvalue weighted by Gasteiger charge is 2.17. The number of nitrogens with two attached hydrogens (primary N) is 1. The quantitative estimate of drug-likeness (QED) is 0.842. The van der Waals surface area contributed by atoms with E-state index < -0.39 is 11.9 Å². The van der Waals surface area contributed by atoms with Crippen LogP contribution in [0.5, 0.6) is 11.6 Å². The molecule has 0 spiro atoms. The van der Waals surface area contributed by atoms with Crippen molar-refractivity contribution in [3.05, 3.63) is 52.7 Å². The fourth-order valence-corrected chi connectivity index (χ4v) is 1.66. The van der Waals surface area contributed by atoms with Crippen LogP contribution in [0, 0.1) is 0 Å². The first-order valence-electron chi connectivity index (χ1n) is 5.45.